The molecule has 0 saturated carbocycles. The van der Waals surface area contributed by atoms with Gasteiger partial charge in [0.2, 0.25) is 5.88 Å². The number of sulfonamides is 1. The van der Waals surface area contributed by atoms with Gasteiger partial charge in [0.1, 0.15) is 10.6 Å². The van der Waals surface area contributed by atoms with Crippen molar-refractivity contribution in [1.82, 2.24) is 15.2 Å². The molecule has 0 radical (unpaired) electrons. The van der Waals surface area contributed by atoms with Crippen molar-refractivity contribution in [2.24, 2.45) is 0 Å². The molecule has 0 atom stereocenters. The van der Waals surface area contributed by atoms with Crippen molar-refractivity contribution in [3.63, 3.8) is 0 Å². The van der Waals surface area contributed by atoms with E-state index in [4.69, 9.17) is 4.74 Å². The van der Waals surface area contributed by atoms with E-state index in [0.29, 0.717) is 11.4 Å². The molecule has 7 nitrogen and oxygen atoms in total. The summed E-state index contributed by atoms with van der Waals surface area (Å²) in [4.78, 5) is 4.13. The minimum absolute atomic E-state index is 0.0943. The fourth-order valence-corrected chi connectivity index (χ4v) is 2.79. The van der Waals surface area contributed by atoms with Crippen LogP contribution in [0, 0.1) is 6.92 Å². The normalized spacial score (nSPS) is 11.6. The molecule has 0 aliphatic rings. The number of nitrogens with one attached hydrogen (secondary N) is 2. The largest absolute Gasteiger partial charge is 0.473 e. The van der Waals surface area contributed by atoms with E-state index in [-0.39, 0.29) is 16.9 Å². The molecule has 0 unspecified atom stereocenters. The Kier molecular flexibility index (Phi) is 3.93. The maximum Gasteiger partial charge on any atom is 0.265 e. The molecule has 2 rings (SSSR count). The first-order valence-electron chi connectivity index (χ1n) is 6.04. The smallest absolute Gasteiger partial charge is 0.265 e. The number of nitrogens with zero attached hydrogens (tertiary/aromatic N) is 2. The first kappa shape index (κ1) is 14.3. The number of aromatic nitrogens is 3. The molecule has 0 saturated heterocycles. The van der Waals surface area contributed by atoms with Crippen LogP contribution in [0.2, 0.25) is 0 Å². The number of ether oxygens (including phenoxy) is 1. The summed E-state index contributed by atoms with van der Waals surface area (Å²) < 4.78 is 32.5. The Morgan fingerprint density at radius 3 is 2.75 bits per heavy atom. The van der Waals surface area contributed by atoms with E-state index in [1.807, 2.05) is 13.8 Å². The van der Waals surface area contributed by atoms with E-state index in [1.165, 1.54) is 6.20 Å². The molecule has 0 spiro atoms. The van der Waals surface area contributed by atoms with Gasteiger partial charge < -0.3 is 4.74 Å². The first-order chi connectivity index (χ1) is 9.40. The summed E-state index contributed by atoms with van der Waals surface area (Å²) in [6.07, 6.45) is 2.69. The fourth-order valence-electron chi connectivity index (χ4n) is 1.60. The molecule has 2 heterocycles. The van der Waals surface area contributed by atoms with Gasteiger partial charge in [0.25, 0.3) is 10.0 Å². The highest BCUT2D eigenvalue weighted by Crippen LogP contribution is 2.25. The Hall–Kier alpha value is -2.09. The second-order valence-electron chi connectivity index (χ2n) is 4.49. The van der Waals surface area contributed by atoms with Crippen LogP contribution in [0.1, 0.15) is 19.5 Å². The lowest BCUT2D eigenvalue weighted by atomic mass is 10.4. The maximum atomic E-state index is 12.3. The summed E-state index contributed by atoms with van der Waals surface area (Å²) in [5.41, 5.74) is 0.759. The van der Waals surface area contributed by atoms with Gasteiger partial charge in [-0.3, -0.25) is 9.82 Å². The third-order valence-corrected chi connectivity index (χ3v) is 3.92. The van der Waals surface area contributed by atoms with Crippen LogP contribution >= 0.6 is 0 Å². The number of anilines is 1. The monoisotopic (exact) mass is 296 g/mol. The Balaban J connectivity index is 2.33. The molecule has 8 heteroatoms. The lowest BCUT2D eigenvalue weighted by Gasteiger charge is -2.14. The maximum absolute atomic E-state index is 12.3. The third kappa shape index (κ3) is 3.08. The Bertz CT molecular complexity index is 694. The Labute approximate surface area is 117 Å². The summed E-state index contributed by atoms with van der Waals surface area (Å²) in [5.74, 6) is 0.243. The number of rotatable bonds is 5. The first-order valence-corrected chi connectivity index (χ1v) is 7.53. The van der Waals surface area contributed by atoms with E-state index in [1.54, 1.807) is 25.3 Å². The lowest BCUT2D eigenvalue weighted by molar-refractivity contribution is 0.234. The number of H-pyrrole nitrogens is 1. The van der Waals surface area contributed by atoms with Crippen molar-refractivity contribution in [3.05, 3.63) is 30.2 Å². The van der Waals surface area contributed by atoms with Gasteiger partial charge >= 0.3 is 0 Å². The zero-order chi connectivity index (χ0) is 14.8. The van der Waals surface area contributed by atoms with E-state index in [0.717, 1.165) is 0 Å². The van der Waals surface area contributed by atoms with Gasteiger partial charge in [0.15, 0.2) is 0 Å². The Morgan fingerprint density at radius 1 is 1.40 bits per heavy atom. The van der Waals surface area contributed by atoms with Gasteiger partial charge in [-0.15, -0.1) is 0 Å². The molecule has 0 amide bonds. The molecule has 0 bridgehead atoms. The van der Waals surface area contributed by atoms with E-state index >= 15 is 0 Å². The van der Waals surface area contributed by atoms with E-state index in [2.05, 4.69) is 19.9 Å². The van der Waals surface area contributed by atoms with Crippen molar-refractivity contribution < 1.29 is 13.2 Å². The zero-order valence-electron chi connectivity index (χ0n) is 11.4. The van der Waals surface area contributed by atoms with Crippen molar-refractivity contribution >= 4 is 15.7 Å². The van der Waals surface area contributed by atoms with Gasteiger partial charge in [-0.2, -0.15) is 5.10 Å². The lowest BCUT2D eigenvalue weighted by Crippen LogP contribution is -2.16. The molecule has 108 valence electrons. The van der Waals surface area contributed by atoms with Crippen LogP contribution in [-0.2, 0) is 10.0 Å². The molecule has 2 N–H and O–H groups in total. The van der Waals surface area contributed by atoms with Crippen molar-refractivity contribution in [1.29, 1.82) is 0 Å². The van der Waals surface area contributed by atoms with Crippen molar-refractivity contribution in [2.75, 3.05) is 4.72 Å². The molecule has 0 aliphatic carbocycles. The van der Waals surface area contributed by atoms with Crippen LogP contribution in [-0.4, -0.2) is 29.7 Å². The summed E-state index contributed by atoms with van der Waals surface area (Å²) >= 11 is 0. The highest BCUT2D eigenvalue weighted by molar-refractivity contribution is 7.92. The van der Waals surface area contributed by atoms with Crippen LogP contribution < -0.4 is 9.46 Å². The minimum Gasteiger partial charge on any atom is -0.473 e. The van der Waals surface area contributed by atoms with Gasteiger partial charge in [0, 0.05) is 6.20 Å². The molecule has 2 aromatic heterocycles. The molecular weight excluding hydrogens is 280 g/mol. The molecule has 20 heavy (non-hydrogen) atoms. The van der Waals surface area contributed by atoms with Gasteiger partial charge in [-0.05, 0) is 32.9 Å². The number of hydrogen-bond acceptors (Lipinski definition) is 5. The van der Waals surface area contributed by atoms with Gasteiger partial charge in [0.05, 0.1) is 18.0 Å². The van der Waals surface area contributed by atoms with Crippen LogP contribution in [0.15, 0.2) is 29.4 Å². The van der Waals surface area contributed by atoms with Crippen LogP contribution in [0.3, 0.4) is 0 Å². The number of aromatic amines is 1. The molecular formula is C12H16N4O3S. The van der Waals surface area contributed by atoms with Crippen molar-refractivity contribution in [3.8, 4) is 5.88 Å². The van der Waals surface area contributed by atoms with Gasteiger partial charge in [-0.1, -0.05) is 0 Å². The zero-order valence-corrected chi connectivity index (χ0v) is 12.2. The second kappa shape index (κ2) is 5.49. The summed E-state index contributed by atoms with van der Waals surface area (Å²) in [6.45, 7) is 5.32. The highest BCUT2D eigenvalue weighted by Gasteiger charge is 2.21. The summed E-state index contributed by atoms with van der Waals surface area (Å²) in [6, 6.07) is 3.23. The minimum atomic E-state index is -3.72. The summed E-state index contributed by atoms with van der Waals surface area (Å²) in [7, 11) is -3.72. The van der Waals surface area contributed by atoms with Crippen molar-refractivity contribution in [2.45, 2.75) is 31.8 Å². The number of pyridine rings is 1. The fraction of sp³-hybridized carbons (Fsp3) is 0.333. The van der Waals surface area contributed by atoms with E-state index in [9.17, 15) is 8.42 Å². The third-order valence-electron chi connectivity index (χ3n) is 2.44. The predicted octanol–water partition coefficient (Wildman–Crippen LogP) is 1.70. The molecule has 0 aliphatic heterocycles. The molecule has 0 fully saturated rings. The average molecular weight is 296 g/mol. The Morgan fingerprint density at radius 2 is 2.15 bits per heavy atom. The van der Waals surface area contributed by atoms with Gasteiger partial charge in [-0.25, -0.2) is 13.4 Å². The quantitative estimate of drug-likeness (QED) is 0.875. The molecule has 2 aromatic rings. The SMILES string of the molecule is Cc1[nH]ncc1S(=O)(=O)Nc1cccnc1OC(C)C. The second-order valence-corrected chi connectivity index (χ2v) is 6.14. The number of aryl methyl sites for hydroxylation is 1. The average Bonchev–Trinajstić information content (AvgIpc) is 2.78. The number of hydrogen-bond donors (Lipinski definition) is 2. The van der Waals surface area contributed by atoms with Crippen LogP contribution in [0.4, 0.5) is 5.69 Å². The topological polar surface area (TPSA) is 97.0 Å². The highest BCUT2D eigenvalue weighted by atomic mass is 32.2. The predicted molar refractivity (Wildman–Crippen MR) is 74.1 cm³/mol. The van der Waals surface area contributed by atoms with E-state index < -0.39 is 10.0 Å². The van der Waals surface area contributed by atoms with Crippen LogP contribution in [0.5, 0.6) is 5.88 Å². The standard InChI is InChI=1S/C12H16N4O3S/c1-8(2)19-12-10(5-4-6-13-12)16-20(17,18)11-7-14-15-9(11)3/h4-8,16H,1-3H3,(H,14,15). The summed E-state index contributed by atoms with van der Waals surface area (Å²) in [5, 5.41) is 6.30. The molecule has 0 aromatic carbocycles. The van der Waals surface area contributed by atoms with Crippen LogP contribution in [0.25, 0.3) is 0 Å².